The first kappa shape index (κ1) is 14.5. The number of aromatic carboxylic acids is 1. The van der Waals surface area contributed by atoms with E-state index in [1.54, 1.807) is 19.2 Å². The number of hydrogen-bond acceptors (Lipinski definition) is 4. The van der Waals surface area contributed by atoms with Gasteiger partial charge >= 0.3 is 5.97 Å². The summed E-state index contributed by atoms with van der Waals surface area (Å²) < 4.78 is 15.6. The van der Waals surface area contributed by atoms with Crippen LogP contribution in [0.1, 0.15) is 15.9 Å². The molecule has 1 aromatic carbocycles. The van der Waals surface area contributed by atoms with E-state index in [9.17, 15) is 4.79 Å². The van der Waals surface area contributed by atoms with Crippen molar-refractivity contribution in [3.8, 4) is 5.75 Å². The molecule has 0 aromatic heterocycles. The molecule has 0 fully saturated rings. The topological polar surface area (TPSA) is 65.0 Å². The van der Waals surface area contributed by atoms with Crippen LogP contribution in [-0.2, 0) is 9.47 Å². The summed E-state index contributed by atoms with van der Waals surface area (Å²) in [4.78, 5) is 10.8. The summed E-state index contributed by atoms with van der Waals surface area (Å²) >= 11 is 0. The van der Waals surface area contributed by atoms with Crippen molar-refractivity contribution in [1.29, 1.82) is 0 Å². The van der Waals surface area contributed by atoms with Crippen molar-refractivity contribution in [3.05, 3.63) is 29.3 Å². The van der Waals surface area contributed by atoms with Gasteiger partial charge < -0.3 is 19.3 Å². The Morgan fingerprint density at radius 1 is 1.22 bits per heavy atom. The van der Waals surface area contributed by atoms with Crippen LogP contribution in [0.25, 0.3) is 0 Å². The number of carboxylic acid groups (broad SMARTS) is 1. The van der Waals surface area contributed by atoms with Crippen molar-refractivity contribution in [2.75, 3.05) is 33.5 Å². The van der Waals surface area contributed by atoms with Gasteiger partial charge in [-0.1, -0.05) is 6.07 Å². The molecule has 1 aromatic rings. The summed E-state index contributed by atoms with van der Waals surface area (Å²) in [5, 5.41) is 8.87. The number of carboxylic acids is 1. The predicted molar refractivity (Wildman–Crippen MR) is 66.3 cm³/mol. The van der Waals surface area contributed by atoms with Crippen LogP contribution >= 0.6 is 0 Å². The fraction of sp³-hybridized carbons (Fsp3) is 0.462. The Balaban J connectivity index is 2.41. The lowest BCUT2D eigenvalue weighted by molar-refractivity contribution is 0.0542. The molecule has 18 heavy (non-hydrogen) atoms. The van der Waals surface area contributed by atoms with Gasteiger partial charge in [-0.3, -0.25) is 0 Å². The second-order valence-corrected chi connectivity index (χ2v) is 3.74. The Hall–Kier alpha value is -1.59. The van der Waals surface area contributed by atoms with E-state index in [0.29, 0.717) is 32.2 Å². The molecule has 0 radical (unpaired) electrons. The first-order valence-corrected chi connectivity index (χ1v) is 5.68. The molecule has 0 bridgehead atoms. The molecule has 0 aliphatic carbocycles. The zero-order valence-corrected chi connectivity index (χ0v) is 10.6. The van der Waals surface area contributed by atoms with E-state index in [1.807, 2.05) is 6.92 Å². The lowest BCUT2D eigenvalue weighted by Gasteiger charge is -2.10. The number of benzene rings is 1. The molecule has 0 saturated heterocycles. The van der Waals surface area contributed by atoms with Crippen LogP contribution in [-0.4, -0.2) is 44.6 Å². The van der Waals surface area contributed by atoms with Crippen LogP contribution < -0.4 is 4.74 Å². The highest BCUT2D eigenvalue weighted by Gasteiger charge is 2.06. The molecule has 5 nitrogen and oxygen atoms in total. The Kier molecular flexibility index (Phi) is 6.18. The van der Waals surface area contributed by atoms with Gasteiger partial charge in [-0.05, 0) is 24.6 Å². The average Bonchev–Trinajstić information content (AvgIpc) is 2.35. The molecule has 0 aliphatic heterocycles. The Bertz CT molecular complexity index is 389. The van der Waals surface area contributed by atoms with Crippen LogP contribution in [0, 0.1) is 6.92 Å². The molecule has 0 saturated carbocycles. The molecule has 5 heteroatoms. The highest BCUT2D eigenvalue weighted by atomic mass is 16.5. The van der Waals surface area contributed by atoms with Gasteiger partial charge in [0.05, 0.1) is 25.4 Å². The van der Waals surface area contributed by atoms with Crippen molar-refractivity contribution in [1.82, 2.24) is 0 Å². The van der Waals surface area contributed by atoms with Crippen molar-refractivity contribution in [2.45, 2.75) is 6.92 Å². The first-order valence-electron chi connectivity index (χ1n) is 5.68. The minimum absolute atomic E-state index is 0.218. The van der Waals surface area contributed by atoms with Gasteiger partial charge in [0.1, 0.15) is 12.4 Å². The lowest BCUT2D eigenvalue weighted by Crippen LogP contribution is -2.10. The maximum atomic E-state index is 10.8. The molecular formula is C13H18O5. The highest BCUT2D eigenvalue weighted by Crippen LogP contribution is 2.19. The van der Waals surface area contributed by atoms with Crippen molar-refractivity contribution < 1.29 is 24.1 Å². The summed E-state index contributed by atoms with van der Waals surface area (Å²) in [6, 6.07) is 4.80. The van der Waals surface area contributed by atoms with Crippen LogP contribution in [0.5, 0.6) is 5.75 Å². The summed E-state index contributed by atoms with van der Waals surface area (Å²) in [5.74, 6) is -0.388. The summed E-state index contributed by atoms with van der Waals surface area (Å²) in [7, 11) is 1.61. The van der Waals surface area contributed by atoms with Crippen molar-refractivity contribution in [3.63, 3.8) is 0 Å². The van der Waals surface area contributed by atoms with Gasteiger partial charge in [-0.15, -0.1) is 0 Å². The molecule has 0 heterocycles. The zero-order chi connectivity index (χ0) is 13.4. The second kappa shape index (κ2) is 7.68. The Morgan fingerprint density at radius 2 is 1.94 bits per heavy atom. The number of rotatable bonds is 8. The van der Waals surface area contributed by atoms with E-state index in [4.69, 9.17) is 19.3 Å². The van der Waals surface area contributed by atoms with E-state index in [2.05, 4.69) is 0 Å². The predicted octanol–water partition coefficient (Wildman–Crippen LogP) is 1.74. The number of carbonyl (C=O) groups is 1. The Labute approximate surface area is 106 Å². The summed E-state index contributed by atoms with van der Waals surface area (Å²) in [5.41, 5.74) is 1.12. The average molecular weight is 254 g/mol. The molecule has 0 aliphatic rings. The van der Waals surface area contributed by atoms with Crippen molar-refractivity contribution in [2.24, 2.45) is 0 Å². The smallest absolute Gasteiger partial charge is 0.335 e. The quantitative estimate of drug-likeness (QED) is 0.716. The normalized spacial score (nSPS) is 10.3. The third kappa shape index (κ3) is 4.73. The number of ether oxygens (including phenoxy) is 3. The number of hydrogen-bond donors (Lipinski definition) is 1. The summed E-state index contributed by atoms with van der Waals surface area (Å²) in [6.07, 6.45) is 0. The van der Waals surface area contributed by atoms with Gasteiger partial charge in [0.2, 0.25) is 0 Å². The summed E-state index contributed by atoms with van der Waals surface area (Å²) in [6.45, 7) is 3.77. The Morgan fingerprint density at radius 3 is 2.61 bits per heavy atom. The van der Waals surface area contributed by atoms with Crippen molar-refractivity contribution >= 4 is 5.97 Å². The fourth-order valence-electron chi connectivity index (χ4n) is 1.34. The molecule has 1 rings (SSSR count). The minimum atomic E-state index is -0.962. The molecule has 100 valence electrons. The standard InChI is InChI=1S/C13H18O5/c1-10-3-4-11(13(14)15)9-12(10)18-8-7-17-6-5-16-2/h3-4,9H,5-8H2,1-2H3,(H,14,15). The van der Waals surface area contributed by atoms with Crippen LogP contribution in [0.15, 0.2) is 18.2 Å². The maximum absolute atomic E-state index is 10.8. The van der Waals surface area contributed by atoms with E-state index in [1.165, 1.54) is 6.07 Å². The van der Waals surface area contributed by atoms with E-state index in [-0.39, 0.29) is 5.56 Å². The third-order valence-corrected chi connectivity index (χ3v) is 2.35. The molecular weight excluding hydrogens is 236 g/mol. The third-order valence-electron chi connectivity index (χ3n) is 2.35. The molecule has 1 N–H and O–H groups in total. The number of methoxy groups -OCH3 is 1. The van der Waals surface area contributed by atoms with E-state index in [0.717, 1.165) is 5.56 Å². The van der Waals surface area contributed by atoms with Crippen LogP contribution in [0.2, 0.25) is 0 Å². The fourth-order valence-corrected chi connectivity index (χ4v) is 1.34. The van der Waals surface area contributed by atoms with Gasteiger partial charge in [0.15, 0.2) is 0 Å². The van der Waals surface area contributed by atoms with Gasteiger partial charge in [-0.25, -0.2) is 4.79 Å². The second-order valence-electron chi connectivity index (χ2n) is 3.74. The lowest BCUT2D eigenvalue weighted by atomic mass is 10.1. The molecule has 0 amide bonds. The zero-order valence-electron chi connectivity index (χ0n) is 10.6. The molecule has 0 spiro atoms. The monoisotopic (exact) mass is 254 g/mol. The van der Waals surface area contributed by atoms with Gasteiger partial charge in [-0.2, -0.15) is 0 Å². The largest absolute Gasteiger partial charge is 0.491 e. The van der Waals surface area contributed by atoms with Gasteiger partial charge in [0.25, 0.3) is 0 Å². The number of aryl methyl sites for hydroxylation is 1. The highest BCUT2D eigenvalue weighted by molar-refractivity contribution is 5.88. The van der Waals surface area contributed by atoms with E-state index < -0.39 is 5.97 Å². The SMILES string of the molecule is COCCOCCOc1cc(C(=O)O)ccc1C. The minimum Gasteiger partial charge on any atom is -0.491 e. The maximum Gasteiger partial charge on any atom is 0.335 e. The van der Waals surface area contributed by atoms with Crippen LogP contribution in [0.3, 0.4) is 0 Å². The van der Waals surface area contributed by atoms with Gasteiger partial charge in [0, 0.05) is 7.11 Å². The molecule has 0 unspecified atom stereocenters. The first-order chi connectivity index (χ1) is 8.65. The van der Waals surface area contributed by atoms with Crippen LogP contribution in [0.4, 0.5) is 0 Å². The molecule has 0 atom stereocenters. The van der Waals surface area contributed by atoms with E-state index >= 15 is 0 Å².